The summed E-state index contributed by atoms with van der Waals surface area (Å²) in [6.45, 7) is 2.04. The summed E-state index contributed by atoms with van der Waals surface area (Å²) >= 11 is 0. The monoisotopic (exact) mass is 449 g/mol. The third-order valence-corrected chi connectivity index (χ3v) is 7.20. The number of nitrogens with zero attached hydrogens (tertiary/aromatic N) is 2. The summed E-state index contributed by atoms with van der Waals surface area (Å²) in [6.07, 6.45) is 0. The number of hydrogen-bond acceptors (Lipinski definition) is 6. The number of ketones is 1. The Kier molecular flexibility index (Phi) is 7.90. The molecule has 3 rings (SSSR count). The first kappa shape index (κ1) is 23.5. The van der Waals surface area contributed by atoms with Crippen LogP contribution in [0, 0.1) is 5.82 Å². The fraction of sp³-hybridized carbons (Fsp3) is 0.409. The maximum absolute atomic E-state index is 13.2. The lowest BCUT2D eigenvalue weighted by molar-refractivity contribution is 0.0730. The molecule has 1 N–H and O–H groups in total. The van der Waals surface area contributed by atoms with Crippen LogP contribution in [0.4, 0.5) is 4.39 Å². The van der Waals surface area contributed by atoms with Gasteiger partial charge in [-0.15, -0.1) is 0 Å². The Hall–Kier alpha value is -2.17. The van der Waals surface area contributed by atoms with E-state index in [-0.39, 0.29) is 29.1 Å². The van der Waals surface area contributed by atoms with Crippen molar-refractivity contribution in [2.45, 2.75) is 10.9 Å². The van der Waals surface area contributed by atoms with E-state index in [2.05, 4.69) is 5.32 Å². The summed E-state index contributed by atoms with van der Waals surface area (Å²) in [5.74, 6) is -0.421. The number of carbonyl (C=O) groups is 1. The molecule has 0 bridgehead atoms. The van der Waals surface area contributed by atoms with E-state index in [9.17, 15) is 17.6 Å². The molecular weight excluding hydrogens is 421 g/mol. The standard InChI is InChI=1S/C22H28FN3O4S/c1-25(2)21(17-3-7-19(23)8-4-17)15-24-16-22(27)18-5-9-20(10-6-18)31(28,29)26-11-13-30-14-12-26/h3-10,21,24H,11-16H2,1-2H3. The van der Waals surface area contributed by atoms with Crippen LogP contribution < -0.4 is 5.32 Å². The molecule has 168 valence electrons. The molecule has 1 heterocycles. The molecule has 1 aliphatic heterocycles. The van der Waals surface area contributed by atoms with E-state index in [0.717, 1.165) is 5.56 Å². The van der Waals surface area contributed by atoms with Crippen molar-refractivity contribution in [3.8, 4) is 0 Å². The summed E-state index contributed by atoms with van der Waals surface area (Å²) < 4.78 is 45.1. The summed E-state index contributed by atoms with van der Waals surface area (Å²) in [5.41, 5.74) is 1.39. The lowest BCUT2D eigenvalue weighted by Crippen LogP contribution is -2.40. The van der Waals surface area contributed by atoms with Crippen molar-refractivity contribution in [1.29, 1.82) is 0 Å². The summed E-state index contributed by atoms with van der Waals surface area (Å²) in [5, 5.41) is 3.15. The minimum atomic E-state index is -3.58. The van der Waals surface area contributed by atoms with Crippen molar-refractivity contribution < 1.29 is 22.3 Å². The molecule has 0 amide bonds. The normalized spacial score (nSPS) is 16.4. The maximum atomic E-state index is 13.2. The molecule has 1 fully saturated rings. The Labute approximate surface area is 182 Å². The minimum absolute atomic E-state index is 0.0190. The topological polar surface area (TPSA) is 79.0 Å². The molecule has 0 aromatic heterocycles. The average Bonchev–Trinajstić information content (AvgIpc) is 2.78. The highest BCUT2D eigenvalue weighted by molar-refractivity contribution is 7.89. The molecule has 2 aromatic carbocycles. The lowest BCUT2D eigenvalue weighted by Gasteiger charge is -2.26. The highest BCUT2D eigenvalue weighted by Gasteiger charge is 2.26. The zero-order valence-corrected chi connectivity index (χ0v) is 18.6. The SMILES string of the molecule is CN(C)C(CNCC(=O)c1ccc(S(=O)(=O)N2CCOCC2)cc1)c1ccc(F)cc1. The number of halogens is 1. The van der Waals surface area contributed by atoms with Gasteiger partial charge in [0.05, 0.1) is 24.7 Å². The first-order chi connectivity index (χ1) is 14.8. The van der Waals surface area contributed by atoms with Crippen LogP contribution in [0.3, 0.4) is 0 Å². The fourth-order valence-corrected chi connectivity index (χ4v) is 4.86. The highest BCUT2D eigenvalue weighted by Crippen LogP contribution is 2.19. The van der Waals surface area contributed by atoms with E-state index in [0.29, 0.717) is 38.4 Å². The minimum Gasteiger partial charge on any atom is -0.379 e. The van der Waals surface area contributed by atoms with Crippen molar-refractivity contribution in [2.24, 2.45) is 0 Å². The number of likely N-dealkylation sites (N-methyl/N-ethyl adjacent to an activating group) is 1. The van der Waals surface area contributed by atoms with Gasteiger partial charge in [0.1, 0.15) is 5.82 Å². The number of hydrogen-bond donors (Lipinski definition) is 1. The second kappa shape index (κ2) is 10.4. The number of sulfonamides is 1. The molecule has 1 unspecified atom stereocenters. The quantitative estimate of drug-likeness (QED) is 0.590. The Morgan fingerprint density at radius 1 is 1.10 bits per heavy atom. The number of benzene rings is 2. The zero-order chi connectivity index (χ0) is 22.4. The molecule has 0 aliphatic carbocycles. The van der Waals surface area contributed by atoms with E-state index in [1.807, 2.05) is 19.0 Å². The Balaban J connectivity index is 1.58. The van der Waals surface area contributed by atoms with Crippen LogP contribution >= 0.6 is 0 Å². The molecule has 1 atom stereocenters. The van der Waals surface area contributed by atoms with Gasteiger partial charge in [-0.05, 0) is 43.9 Å². The van der Waals surface area contributed by atoms with Crippen LogP contribution in [0.1, 0.15) is 22.0 Å². The first-order valence-electron chi connectivity index (χ1n) is 10.1. The summed E-state index contributed by atoms with van der Waals surface area (Å²) in [7, 11) is 0.262. The molecule has 2 aromatic rings. The van der Waals surface area contributed by atoms with E-state index in [4.69, 9.17) is 4.74 Å². The molecule has 0 saturated carbocycles. The Morgan fingerprint density at radius 3 is 2.29 bits per heavy atom. The lowest BCUT2D eigenvalue weighted by atomic mass is 10.1. The largest absolute Gasteiger partial charge is 0.379 e. The van der Waals surface area contributed by atoms with Gasteiger partial charge in [-0.2, -0.15) is 4.31 Å². The van der Waals surface area contributed by atoms with Gasteiger partial charge in [-0.25, -0.2) is 12.8 Å². The van der Waals surface area contributed by atoms with Gasteiger partial charge in [0.25, 0.3) is 0 Å². The molecule has 1 aliphatic rings. The van der Waals surface area contributed by atoms with Crippen molar-refractivity contribution in [3.05, 3.63) is 65.5 Å². The van der Waals surface area contributed by atoms with Crippen LogP contribution in [0.25, 0.3) is 0 Å². The number of nitrogens with one attached hydrogen (secondary N) is 1. The first-order valence-corrected chi connectivity index (χ1v) is 11.6. The molecule has 1 saturated heterocycles. The smallest absolute Gasteiger partial charge is 0.243 e. The van der Waals surface area contributed by atoms with Crippen molar-refractivity contribution in [2.75, 3.05) is 53.5 Å². The average molecular weight is 450 g/mol. The summed E-state index contributed by atoms with van der Waals surface area (Å²) in [6, 6.07) is 12.3. The second-order valence-corrected chi connectivity index (χ2v) is 9.56. The number of ether oxygens (including phenoxy) is 1. The van der Waals surface area contributed by atoms with Crippen LogP contribution in [0.15, 0.2) is 53.4 Å². The van der Waals surface area contributed by atoms with Gasteiger partial charge in [-0.1, -0.05) is 24.3 Å². The van der Waals surface area contributed by atoms with Crippen LogP contribution in [0.2, 0.25) is 0 Å². The van der Waals surface area contributed by atoms with E-state index in [1.54, 1.807) is 24.3 Å². The number of morpholine rings is 1. The summed E-state index contributed by atoms with van der Waals surface area (Å²) in [4.78, 5) is 14.7. The van der Waals surface area contributed by atoms with Gasteiger partial charge in [0.2, 0.25) is 10.0 Å². The van der Waals surface area contributed by atoms with Gasteiger partial charge in [-0.3, -0.25) is 4.79 Å². The van der Waals surface area contributed by atoms with Crippen molar-refractivity contribution in [1.82, 2.24) is 14.5 Å². The predicted octanol–water partition coefficient (Wildman–Crippen LogP) is 1.92. The highest BCUT2D eigenvalue weighted by atomic mass is 32.2. The van der Waals surface area contributed by atoms with Gasteiger partial charge < -0.3 is 15.0 Å². The number of Topliss-reactive ketones (excluding diaryl/α,β-unsaturated/α-hetero) is 1. The fourth-order valence-electron chi connectivity index (χ4n) is 3.46. The van der Waals surface area contributed by atoms with Crippen LogP contribution in [-0.4, -0.2) is 76.9 Å². The van der Waals surface area contributed by atoms with E-state index < -0.39 is 10.0 Å². The molecule has 7 nitrogen and oxygen atoms in total. The third kappa shape index (κ3) is 5.96. The van der Waals surface area contributed by atoms with Crippen molar-refractivity contribution >= 4 is 15.8 Å². The number of rotatable bonds is 9. The van der Waals surface area contributed by atoms with Crippen LogP contribution in [-0.2, 0) is 14.8 Å². The third-order valence-electron chi connectivity index (χ3n) is 5.29. The molecule has 31 heavy (non-hydrogen) atoms. The van der Waals surface area contributed by atoms with Gasteiger partial charge in [0, 0.05) is 31.2 Å². The maximum Gasteiger partial charge on any atom is 0.243 e. The second-order valence-electron chi connectivity index (χ2n) is 7.63. The molecule has 0 radical (unpaired) electrons. The Morgan fingerprint density at radius 2 is 1.71 bits per heavy atom. The zero-order valence-electron chi connectivity index (χ0n) is 17.8. The van der Waals surface area contributed by atoms with E-state index >= 15 is 0 Å². The number of carbonyl (C=O) groups excluding carboxylic acids is 1. The Bertz CT molecular complexity index is 973. The van der Waals surface area contributed by atoms with Crippen molar-refractivity contribution in [3.63, 3.8) is 0 Å². The molecule has 9 heteroatoms. The van der Waals surface area contributed by atoms with E-state index in [1.165, 1.54) is 28.6 Å². The molecular formula is C22H28FN3O4S. The van der Waals surface area contributed by atoms with Gasteiger partial charge in [0.15, 0.2) is 5.78 Å². The predicted molar refractivity (Wildman–Crippen MR) is 116 cm³/mol. The van der Waals surface area contributed by atoms with Crippen LogP contribution in [0.5, 0.6) is 0 Å². The molecule has 0 spiro atoms. The van der Waals surface area contributed by atoms with Gasteiger partial charge >= 0.3 is 0 Å².